The van der Waals surface area contributed by atoms with Gasteiger partial charge in [-0.1, -0.05) is 25.1 Å². The Morgan fingerprint density at radius 3 is 2.73 bits per heavy atom. The highest BCUT2D eigenvalue weighted by molar-refractivity contribution is 6.04. The van der Waals surface area contributed by atoms with Crippen molar-refractivity contribution in [1.82, 2.24) is 15.2 Å². The number of likely N-dealkylation sites (tertiary alicyclic amines) is 1. The molecular weight excluding hydrogens is 412 g/mol. The Labute approximate surface area is 196 Å². The molecule has 4 rings (SSSR count). The summed E-state index contributed by atoms with van der Waals surface area (Å²) in [5.74, 6) is 0.0909. The van der Waals surface area contributed by atoms with Crippen LogP contribution in [0.2, 0.25) is 0 Å². The van der Waals surface area contributed by atoms with Gasteiger partial charge in [0.05, 0.1) is 17.8 Å². The van der Waals surface area contributed by atoms with E-state index in [1.54, 1.807) is 7.11 Å². The summed E-state index contributed by atoms with van der Waals surface area (Å²) in [6, 6.07) is 10.9. The maximum absolute atomic E-state index is 13.3. The summed E-state index contributed by atoms with van der Waals surface area (Å²) >= 11 is 0. The summed E-state index contributed by atoms with van der Waals surface area (Å²) in [6.45, 7) is 12.2. The summed E-state index contributed by atoms with van der Waals surface area (Å²) in [6.07, 6.45) is 1.00. The molecule has 0 bridgehead atoms. The van der Waals surface area contributed by atoms with E-state index in [1.807, 2.05) is 17.0 Å². The normalized spacial score (nSPS) is 14.0. The number of ether oxygens (including phenoxy) is 1. The van der Waals surface area contributed by atoms with Gasteiger partial charge < -0.3 is 25.3 Å². The van der Waals surface area contributed by atoms with Gasteiger partial charge in [-0.05, 0) is 61.6 Å². The van der Waals surface area contributed by atoms with Crippen molar-refractivity contribution >= 4 is 22.5 Å². The second kappa shape index (κ2) is 9.98. The number of carbonyl (C=O) groups is 1. The van der Waals surface area contributed by atoms with E-state index < -0.39 is 0 Å². The Kier molecular flexibility index (Phi) is 7.05. The van der Waals surface area contributed by atoms with Crippen molar-refractivity contribution in [2.75, 3.05) is 38.7 Å². The molecule has 3 aromatic rings. The van der Waals surface area contributed by atoms with Gasteiger partial charge in [-0.25, -0.2) is 0 Å². The van der Waals surface area contributed by atoms with Gasteiger partial charge in [-0.3, -0.25) is 4.79 Å². The highest BCUT2D eigenvalue weighted by Crippen LogP contribution is 2.31. The van der Waals surface area contributed by atoms with Crippen LogP contribution in [0.4, 0.5) is 5.69 Å². The molecule has 0 atom stereocenters. The first-order valence-electron chi connectivity index (χ1n) is 11.9. The number of methoxy groups -OCH3 is 1. The van der Waals surface area contributed by atoms with Crippen molar-refractivity contribution < 1.29 is 9.53 Å². The monoisotopic (exact) mass is 448 g/mol. The molecule has 176 valence electrons. The van der Waals surface area contributed by atoms with E-state index in [-0.39, 0.29) is 5.91 Å². The summed E-state index contributed by atoms with van der Waals surface area (Å²) in [4.78, 5) is 18.7. The molecule has 1 fully saturated rings. The van der Waals surface area contributed by atoms with E-state index >= 15 is 0 Å². The maximum Gasteiger partial charge on any atom is 0.254 e. The lowest BCUT2D eigenvalue weighted by Crippen LogP contribution is -2.60. The summed E-state index contributed by atoms with van der Waals surface area (Å²) < 4.78 is 5.10. The second-order valence-corrected chi connectivity index (χ2v) is 9.10. The van der Waals surface area contributed by atoms with Gasteiger partial charge >= 0.3 is 0 Å². The molecule has 6 nitrogen and oxygen atoms in total. The van der Waals surface area contributed by atoms with Crippen LogP contribution >= 0.6 is 0 Å². The van der Waals surface area contributed by atoms with Crippen molar-refractivity contribution in [3.05, 3.63) is 63.8 Å². The lowest BCUT2D eigenvalue weighted by atomic mass is 9.99. The molecule has 2 heterocycles. The minimum atomic E-state index is 0.0909. The van der Waals surface area contributed by atoms with E-state index in [0.29, 0.717) is 12.6 Å². The first-order valence-corrected chi connectivity index (χ1v) is 11.9. The smallest absolute Gasteiger partial charge is 0.254 e. The van der Waals surface area contributed by atoms with Gasteiger partial charge in [0.1, 0.15) is 0 Å². The number of benzene rings is 2. The number of nitrogens with zero attached hydrogens (tertiary/aromatic N) is 1. The van der Waals surface area contributed by atoms with Crippen LogP contribution in [0.3, 0.4) is 0 Å². The van der Waals surface area contributed by atoms with Gasteiger partial charge in [0.15, 0.2) is 0 Å². The maximum atomic E-state index is 13.3. The number of nitrogens with one attached hydrogen (secondary N) is 3. The Hall–Kier alpha value is -2.83. The lowest BCUT2D eigenvalue weighted by molar-refractivity contribution is 0.0558. The average molecular weight is 449 g/mol. The number of rotatable bonds is 9. The molecule has 0 spiro atoms. The average Bonchev–Trinajstić information content (AvgIpc) is 3.07. The molecule has 6 heteroatoms. The summed E-state index contributed by atoms with van der Waals surface area (Å²) in [5, 5.41) is 8.18. The molecule has 33 heavy (non-hydrogen) atoms. The lowest BCUT2D eigenvalue weighted by Gasteiger charge is -2.40. The van der Waals surface area contributed by atoms with Crippen LogP contribution in [0.25, 0.3) is 10.9 Å². The third-order valence-corrected chi connectivity index (χ3v) is 6.92. The number of carbonyl (C=O) groups excluding carboxylic acids is 1. The van der Waals surface area contributed by atoms with E-state index in [4.69, 9.17) is 4.74 Å². The van der Waals surface area contributed by atoms with E-state index in [9.17, 15) is 4.79 Å². The predicted molar refractivity (Wildman–Crippen MR) is 135 cm³/mol. The quantitative estimate of drug-likeness (QED) is 0.426. The topological polar surface area (TPSA) is 69.4 Å². The van der Waals surface area contributed by atoms with E-state index in [0.717, 1.165) is 60.4 Å². The highest BCUT2D eigenvalue weighted by Gasteiger charge is 2.31. The summed E-state index contributed by atoms with van der Waals surface area (Å²) in [7, 11) is 1.70. The number of hydrogen-bond acceptors (Lipinski definition) is 4. The molecule has 1 saturated heterocycles. The largest absolute Gasteiger partial charge is 0.383 e. The fourth-order valence-corrected chi connectivity index (χ4v) is 4.67. The molecular formula is C27H36N4O2. The van der Waals surface area contributed by atoms with E-state index in [1.165, 1.54) is 22.3 Å². The zero-order valence-electron chi connectivity index (χ0n) is 20.5. The van der Waals surface area contributed by atoms with Crippen molar-refractivity contribution in [2.24, 2.45) is 0 Å². The molecule has 1 aliphatic rings. The van der Waals surface area contributed by atoms with E-state index in [2.05, 4.69) is 61.5 Å². The molecule has 1 aliphatic heterocycles. The van der Waals surface area contributed by atoms with Crippen LogP contribution in [0.15, 0.2) is 30.3 Å². The molecule has 0 saturated carbocycles. The summed E-state index contributed by atoms with van der Waals surface area (Å²) in [5.41, 5.74) is 9.09. The van der Waals surface area contributed by atoms with Gasteiger partial charge in [0.2, 0.25) is 0 Å². The number of aromatic amines is 1. The van der Waals surface area contributed by atoms with Crippen LogP contribution in [-0.2, 0) is 17.7 Å². The Morgan fingerprint density at radius 2 is 2.00 bits per heavy atom. The molecule has 2 aromatic carbocycles. The number of hydrogen-bond donors (Lipinski definition) is 3. The fraction of sp³-hybridized carbons (Fsp3) is 0.444. The van der Waals surface area contributed by atoms with Crippen molar-refractivity contribution in [2.45, 2.75) is 46.7 Å². The van der Waals surface area contributed by atoms with Crippen LogP contribution < -0.4 is 10.6 Å². The van der Waals surface area contributed by atoms with Gasteiger partial charge in [-0.15, -0.1) is 0 Å². The molecule has 0 aliphatic carbocycles. The number of aromatic nitrogens is 1. The zero-order chi connectivity index (χ0) is 23.5. The Balaban J connectivity index is 1.57. The van der Waals surface area contributed by atoms with Crippen molar-refractivity contribution in [3.63, 3.8) is 0 Å². The second-order valence-electron chi connectivity index (χ2n) is 9.10. The number of H-pyrrole nitrogens is 1. The van der Waals surface area contributed by atoms with Gasteiger partial charge in [0, 0.05) is 56.0 Å². The fourth-order valence-electron chi connectivity index (χ4n) is 4.67. The van der Waals surface area contributed by atoms with Crippen molar-refractivity contribution in [3.8, 4) is 0 Å². The van der Waals surface area contributed by atoms with Gasteiger partial charge in [0.25, 0.3) is 5.91 Å². The minimum absolute atomic E-state index is 0.0909. The van der Waals surface area contributed by atoms with Crippen LogP contribution in [-0.4, -0.2) is 55.2 Å². The Bertz CT molecular complexity index is 1140. The van der Waals surface area contributed by atoms with Crippen LogP contribution in [0.5, 0.6) is 0 Å². The van der Waals surface area contributed by atoms with Gasteiger partial charge in [-0.2, -0.15) is 0 Å². The number of amides is 1. The minimum Gasteiger partial charge on any atom is -0.383 e. The third kappa shape index (κ3) is 4.77. The Morgan fingerprint density at radius 1 is 1.21 bits per heavy atom. The molecule has 0 unspecified atom stereocenters. The number of aryl methyl sites for hydroxylation is 4. The highest BCUT2D eigenvalue weighted by atomic mass is 16.5. The molecule has 1 amide bonds. The zero-order valence-corrected chi connectivity index (χ0v) is 20.5. The molecule has 3 N–H and O–H groups in total. The molecule has 1 aromatic heterocycles. The predicted octanol–water partition coefficient (Wildman–Crippen LogP) is 4.33. The standard InChI is InChI=1S/C27H36N4O2/c1-6-20-9-7-8-17(2)24(20)14-29-25-13-21(12-23-18(3)19(4)30-26(23)25)27(32)31-15-22(16-31)28-10-11-33-5/h7-9,12-13,22,28-30H,6,10-11,14-16H2,1-5H3. The number of anilines is 1. The SMILES string of the molecule is CCc1cccc(C)c1CNc1cc(C(=O)N2CC(NCCOC)C2)cc2c(C)c(C)[nH]c12. The van der Waals surface area contributed by atoms with Crippen LogP contribution in [0, 0.1) is 20.8 Å². The molecule has 0 radical (unpaired) electrons. The van der Waals surface area contributed by atoms with Crippen LogP contribution in [0.1, 0.15) is 45.2 Å². The third-order valence-electron chi connectivity index (χ3n) is 6.92. The first-order chi connectivity index (χ1) is 15.9. The van der Waals surface area contributed by atoms with Crippen molar-refractivity contribution in [1.29, 1.82) is 0 Å². The first kappa shape index (κ1) is 23.3. The number of fused-ring (bicyclic) bond motifs is 1.